The average Bonchev–Trinajstić information content (AvgIpc) is 3.13. The van der Waals surface area contributed by atoms with Crippen molar-refractivity contribution >= 4 is 5.97 Å². The van der Waals surface area contributed by atoms with Gasteiger partial charge in [0.25, 0.3) is 0 Å². The molecule has 0 N–H and O–H groups in total. The lowest BCUT2D eigenvalue weighted by atomic mass is 10.1. The number of aromatic nitrogens is 1. The fraction of sp³-hybridized carbons (Fsp3) is 0.375. The van der Waals surface area contributed by atoms with Gasteiger partial charge in [-0.05, 0) is 36.6 Å². The number of esters is 1. The molecule has 1 aliphatic rings. The fourth-order valence-electron chi connectivity index (χ4n) is 2.38. The van der Waals surface area contributed by atoms with E-state index in [2.05, 4.69) is 4.98 Å². The number of hydrogen-bond acceptors (Lipinski definition) is 5. The maximum atomic E-state index is 11.9. The molecular weight excluding hydrogens is 270 g/mol. The van der Waals surface area contributed by atoms with Crippen LogP contribution >= 0.6 is 0 Å². The number of benzene rings is 1. The quantitative estimate of drug-likeness (QED) is 0.808. The zero-order valence-corrected chi connectivity index (χ0v) is 12.1. The number of aryl methyl sites for hydroxylation is 1. The highest BCUT2D eigenvalue weighted by molar-refractivity contribution is 5.88. The van der Waals surface area contributed by atoms with E-state index in [0.717, 1.165) is 11.1 Å². The third kappa shape index (κ3) is 2.56. The highest BCUT2D eigenvalue weighted by Gasteiger charge is 2.22. The second-order valence-corrected chi connectivity index (χ2v) is 4.85. The maximum absolute atomic E-state index is 11.9. The second-order valence-electron chi connectivity index (χ2n) is 4.85. The van der Waals surface area contributed by atoms with E-state index >= 15 is 0 Å². The van der Waals surface area contributed by atoms with Crippen LogP contribution in [0, 0.1) is 0 Å². The van der Waals surface area contributed by atoms with Crippen LogP contribution in [-0.2, 0) is 29.1 Å². The Balaban J connectivity index is 1.97. The molecule has 5 heteroatoms. The molecule has 0 fully saturated rings. The third-order valence-corrected chi connectivity index (χ3v) is 3.46. The van der Waals surface area contributed by atoms with Crippen LogP contribution in [0.2, 0.25) is 0 Å². The van der Waals surface area contributed by atoms with Gasteiger partial charge >= 0.3 is 5.97 Å². The maximum Gasteiger partial charge on any atom is 0.376 e. The van der Waals surface area contributed by atoms with E-state index in [1.54, 1.807) is 6.92 Å². The minimum atomic E-state index is -0.461. The molecule has 0 aliphatic carbocycles. The first-order chi connectivity index (χ1) is 10.2. The predicted octanol–water partition coefficient (Wildman–Crippen LogP) is 3.11. The van der Waals surface area contributed by atoms with Crippen LogP contribution in [0.15, 0.2) is 22.6 Å². The lowest BCUT2D eigenvalue weighted by molar-refractivity contribution is 0.0489. The summed E-state index contributed by atoms with van der Waals surface area (Å²) in [6.45, 7) is 5.27. The molecular formula is C16H17NO4. The van der Waals surface area contributed by atoms with E-state index in [0.29, 0.717) is 37.8 Å². The van der Waals surface area contributed by atoms with Crippen LogP contribution in [0.1, 0.15) is 41.2 Å². The molecule has 2 heterocycles. The monoisotopic (exact) mass is 287 g/mol. The minimum absolute atomic E-state index is 0.200. The first-order valence-corrected chi connectivity index (χ1v) is 7.09. The summed E-state index contributed by atoms with van der Waals surface area (Å²) < 4.78 is 16.0. The molecule has 0 saturated carbocycles. The standard InChI is InChI=1S/C16H17NO4/c1-3-13-14(16(18)20-4-2)21-15(17-13)10-5-6-11-8-19-9-12(11)7-10/h5-7H,3-4,8-9H2,1-2H3. The Hall–Kier alpha value is -2.14. The normalized spacial score (nSPS) is 13.2. The molecule has 0 spiro atoms. The summed E-state index contributed by atoms with van der Waals surface area (Å²) in [7, 11) is 0. The van der Waals surface area contributed by atoms with Gasteiger partial charge in [-0.2, -0.15) is 0 Å². The van der Waals surface area contributed by atoms with E-state index in [1.807, 2.05) is 25.1 Å². The van der Waals surface area contributed by atoms with Crippen molar-refractivity contribution in [2.75, 3.05) is 6.61 Å². The van der Waals surface area contributed by atoms with Crippen molar-refractivity contribution < 1.29 is 18.7 Å². The highest BCUT2D eigenvalue weighted by atomic mass is 16.5. The SMILES string of the molecule is CCOC(=O)c1oc(-c2ccc3c(c2)COC3)nc1CC. The van der Waals surface area contributed by atoms with Gasteiger partial charge in [0.15, 0.2) is 0 Å². The molecule has 1 aromatic carbocycles. The predicted molar refractivity (Wildman–Crippen MR) is 75.8 cm³/mol. The summed E-state index contributed by atoms with van der Waals surface area (Å²) in [5, 5.41) is 0. The minimum Gasteiger partial charge on any atom is -0.460 e. The van der Waals surface area contributed by atoms with Gasteiger partial charge in [0.1, 0.15) is 0 Å². The van der Waals surface area contributed by atoms with Gasteiger partial charge in [0.05, 0.1) is 25.5 Å². The molecule has 21 heavy (non-hydrogen) atoms. The Morgan fingerprint density at radius 3 is 2.86 bits per heavy atom. The van der Waals surface area contributed by atoms with Gasteiger partial charge in [0.2, 0.25) is 11.7 Å². The molecule has 0 radical (unpaired) electrons. The summed E-state index contributed by atoms with van der Waals surface area (Å²) in [6.07, 6.45) is 0.617. The number of nitrogens with zero attached hydrogens (tertiary/aromatic N) is 1. The molecule has 5 nitrogen and oxygen atoms in total. The van der Waals surface area contributed by atoms with E-state index in [4.69, 9.17) is 13.9 Å². The number of oxazole rings is 1. The second kappa shape index (κ2) is 5.69. The van der Waals surface area contributed by atoms with Crippen molar-refractivity contribution in [1.82, 2.24) is 4.98 Å². The molecule has 1 aromatic heterocycles. The summed E-state index contributed by atoms with van der Waals surface area (Å²) in [5.74, 6) is 0.188. The summed E-state index contributed by atoms with van der Waals surface area (Å²) in [6, 6.07) is 5.95. The van der Waals surface area contributed by atoms with Crippen molar-refractivity contribution in [3.05, 3.63) is 40.8 Å². The van der Waals surface area contributed by atoms with Gasteiger partial charge in [-0.3, -0.25) is 0 Å². The third-order valence-electron chi connectivity index (χ3n) is 3.46. The van der Waals surface area contributed by atoms with Crippen LogP contribution in [0.5, 0.6) is 0 Å². The van der Waals surface area contributed by atoms with Crippen LogP contribution in [-0.4, -0.2) is 17.6 Å². The highest BCUT2D eigenvalue weighted by Crippen LogP contribution is 2.28. The van der Waals surface area contributed by atoms with Crippen molar-refractivity contribution in [1.29, 1.82) is 0 Å². The summed E-state index contributed by atoms with van der Waals surface area (Å²) in [4.78, 5) is 16.3. The molecule has 0 saturated heterocycles. The molecule has 2 aromatic rings. The van der Waals surface area contributed by atoms with Crippen molar-refractivity contribution in [3.8, 4) is 11.5 Å². The molecule has 0 bridgehead atoms. The van der Waals surface area contributed by atoms with E-state index in [1.165, 1.54) is 5.56 Å². The van der Waals surface area contributed by atoms with Crippen molar-refractivity contribution in [2.24, 2.45) is 0 Å². The molecule has 110 valence electrons. The number of rotatable bonds is 4. The van der Waals surface area contributed by atoms with Crippen LogP contribution in [0.3, 0.4) is 0 Å². The summed E-state index contributed by atoms with van der Waals surface area (Å²) in [5.41, 5.74) is 3.80. The topological polar surface area (TPSA) is 61.6 Å². The Morgan fingerprint density at radius 2 is 2.10 bits per heavy atom. The van der Waals surface area contributed by atoms with Gasteiger partial charge in [-0.15, -0.1) is 0 Å². The van der Waals surface area contributed by atoms with E-state index in [-0.39, 0.29) is 5.76 Å². The Bertz CT molecular complexity index is 675. The van der Waals surface area contributed by atoms with Crippen molar-refractivity contribution in [3.63, 3.8) is 0 Å². The number of carbonyl (C=O) groups excluding carboxylic acids is 1. The van der Waals surface area contributed by atoms with E-state index < -0.39 is 5.97 Å². The zero-order valence-electron chi connectivity index (χ0n) is 12.1. The fourth-order valence-corrected chi connectivity index (χ4v) is 2.38. The van der Waals surface area contributed by atoms with Gasteiger partial charge in [0, 0.05) is 5.56 Å². The first kappa shape index (κ1) is 13.8. The Labute approximate surface area is 122 Å². The van der Waals surface area contributed by atoms with Gasteiger partial charge in [-0.25, -0.2) is 9.78 Å². The largest absolute Gasteiger partial charge is 0.460 e. The number of hydrogen-bond donors (Lipinski definition) is 0. The molecule has 3 rings (SSSR count). The Morgan fingerprint density at radius 1 is 1.29 bits per heavy atom. The van der Waals surface area contributed by atoms with Crippen LogP contribution in [0.4, 0.5) is 0 Å². The van der Waals surface area contributed by atoms with Gasteiger partial charge < -0.3 is 13.9 Å². The lowest BCUT2D eigenvalue weighted by Gasteiger charge is -2.00. The van der Waals surface area contributed by atoms with Crippen LogP contribution in [0.25, 0.3) is 11.5 Å². The molecule has 0 amide bonds. The smallest absolute Gasteiger partial charge is 0.376 e. The molecule has 0 unspecified atom stereocenters. The zero-order chi connectivity index (χ0) is 14.8. The van der Waals surface area contributed by atoms with E-state index in [9.17, 15) is 4.79 Å². The number of ether oxygens (including phenoxy) is 2. The number of fused-ring (bicyclic) bond motifs is 1. The Kier molecular flexibility index (Phi) is 3.75. The van der Waals surface area contributed by atoms with Crippen LogP contribution < -0.4 is 0 Å². The molecule has 0 atom stereocenters. The number of carbonyl (C=O) groups is 1. The first-order valence-electron chi connectivity index (χ1n) is 7.09. The van der Waals surface area contributed by atoms with Crippen molar-refractivity contribution in [2.45, 2.75) is 33.5 Å². The summed E-state index contributed by atoms with van der Waals surface area (Å²) >= 11 is 0. The van der Waals surface area contributed by atoms with Gasteiger partial charge in [-0.1, -0.05) is 13.0 Å². The molecule has 1 aliphatic heterocycles. The average molecular weight is 287 g/mol. The lowest BCUT2D eigenvalue weighted by Crippen LogP contribution is -2.05.